The standard InChI is InChI=1S/C17H16FN3O.C16H14FN3O/c1-20-10-12-11(17(20)22)5-6-13-15(12)16-14(4-2-8-19-16)21(13)9-3-7-18;17-6-2-8-20-12-5-4-10-11(9-19-16(10)21)14(12)15-13(20)3-1-7-18-15/h2,4-6,8H,3,7,9-10H2,1H3;1,3-5,7H,2,6,8-9H2,(H,19,21). The molecule has 8 nitrogen and oxygen atoms in total. The minimum atomic E-state index is -0.341. The summed E-state index contributed by atoms with van der Waals surface area (Å²) in [6.07, 6.45) is 4.47. The van der Waals surface area contributed by atoms with Crippen LogP contribution in [0.15, 0.2) is 60.9 Å². The van der Waals surface area contributed by atoms with E-state index < -0.39 is 0 Å². The molecule has 0 bridgehead atoms. The minimum absolute atomic E-state index is 0.0347. The van der Waals surface area contributed by atoms with Gasteiger partial charge in [0.2, 0.25) is 0 Å². The SMILES string of the molecule is CN1Cc2c(ccc3c2c2ncccc2n3CCCF)C1=O.O=C1NCc2c1ccc1c2c2ncccc2n1CCCF. The summed E-state index contributed by atoms with van der Waals surface area (Å²) >= 11 is 0. The number of aryl methyl sites for hydroxylation is 2. The highest BCUT2D eigenvalue weighted by Gasteiger charge is 2.29. The fourth-order valence-electron chi connectivity index (χ4n) is 6.58. The minimum Gasteiger partial charge on any atom is -0.348 e. The second-order valence-electron chi connectivity index (χ2n) is 10.9. The number of benzene rings is 2. The van der Waals surface area contributed by atoms with Gasteiger partial charge in [0.1, 0.15) is 0 Å². The summed E-state index contributed by atoms with van der Waals surface area (Å²) < 4.78 is 29.4. The summed E-state index contributed by atoms with van der Waals surface area (Å²) in [7, 11) is 1.81. The molecular weight excluding hydrogens is 550 g/mol. The fraction of sp³-hybridized carbons (Fsp3) is 0.273. The Morgan fingerprint density at radius 2 is 1.30 bits per heavy atom. The van der Waals surface area contributed by atoms with Crippen molar-refractivity contribution in [1.82, 2.24) is 29.3 Å². The highest BCUT2D eigenvalue weighted by atomic mass is 19.1. The van der Waals surface area contributed by atoms with E-state index in [0.29, 0.717) is 39.0 Å². The number of nitrogens with zero attached hydrogens (tertiary/aromatic N) is 5. The highest BCUT2D eigenvalue weighted by molar-refractivity contribution is 6.14. The molecule has 0 fully saturated rings. The first-order chi connectivity index (χ1) is 21.0. The van der Waals surface area contributed by atoms with Gasteiger partial charge in [0, 0.05) is 67.5 Å². The van der Waals surface area contributed by atoms with Crippen molar-refractivity contribution in [3.63, 3.8) is 0 Å². The van der Waals surface area contributed by atoms with Crippen molar-refractivity contribution in [1.29, 1.82) is 0 Å². The molecule has 2 aliphatic rings. The largest absolute Gasteiger partial charge is 0.348 e. The Balaban J connectivity index is 0.000000140. The number of fused-ring (bicyclic) bond motifs is 10. The molecule has 2 aromatic carbocycles. The molecule has 218 valence electrons. The fourth-order valence-corrected chi connectivity index (χ4v) is 6.58. The van der Waals surface area contributed by atoms with Crippen molar-refractivity contribution in [2.24, 2.45) is 0 Å². The third kappa shape index (κ3) is 4.23. The molecule has 0 saturated carbocycles. The van der Waals surface area contributed by atoms with E-state index in [2.05, 4.69) is 24.4 Å². The summed E-state index contributed by atoms with van der Waals surface area (Å²) in [5, 5.41) is 4.90. The number of carbonyl (C=O) groups excluding carboxylic acids is 2. The lowest BCUT2D eigenvalue weighted by molar-refractivity contribution is 0.0816. The molecule has 0 radical (unpaired) electrons. The maximum Gasteiger partial charge on any atom is 0.254 e. The molecule has 4 aromatic heterocycles. The van der Waals surface area contributed by atoms with Crippen molar-refractivity contribution < 1.29 is 18.4 Å². The number of carbonyl (C=O) groups is 2. The number of amides is 2. The molecule has 0 atom stereocenters. The first-order valence-corrected chi connectivity index (χ1v) is 14.5. The van der Waals surface area contributed by atoms with E-state index in [-0.39, 0.29) is 25.2 Å². The van der Waals surface area contributed by atoms with Crippen LogP contribution in [0.2, 0.25) is 0 Å². The maximum atomic E-state index is 12.6. The summed E-state index contributed by atoms with van der Waals surface area (Å²) in [4.78, 5) is 34.8. The van der Waals surface area contributed by atoms with Gasteiger partial charge in [0.05, 0.1) is 46.4 Å². The maximum absolute atomic E-state index is 12.6. The zero-order valence-corrected chi connectivity index (χ0v) is 23.7. The van der Waals surface area contributed by atoms with E-state index in [4.69, 9.17) is 0 Å². The average molecular weight is 581 g/mol. The first-order valence-electron chi connectivity index (χ1n) is 14.5. The highest BCUT2D eigenvalue weighted by Crippen LogP contribution is 2.36. The number of halogens is 2. The molecule has 2 amide bonds. The number of hydrogen-bond donors (Lipinski definition) is 1. The second kappa shape index (κ2) is 10.8. The Kier molecular flexibility index (Phi) is 6.76. The van der Waals surface area contributed by atoms with Crippen LogP contribution in [0.1, 0.15) is 44.7 Å². The zero-order chi connectivity index (χ0) is 29.7. The zero-order valence-electron chi connectivity index (χ0n) is 23.7. The van der Waals surface area contributed by atoms with E-state index in [1.165, 1.54) is 0 Å². The number of alkyl halides is 2. The van der Waals surface area contributed by atoms with Crippen molar-refractivity contribution in [2.45, 2.75) is 39.0 Å². The predicted octanol–water partition coefficient (Wildman–Crippen LogP) is 5.93. The van der Waals surface area contributed by atoms with Gasteiger partial charge in [-0.1, -0.05) is 0 Å². The number of rotatable bonds is 6. The molecule has 43 heavy (non-hydrogen) atoms. The van der Waals surface area contributed by atoms with Crippen LogP contribution in [0, 0.1) is 0 Å². The molecule has 1 N–H and O–H groups in total. The number of hydrogen-bond acceptors (Lipinski definition) is 4. The van der Waals surface area contributed by atoms with Gasteiger partial charge in [0.15, 0.2) is 0 Å². The third-order valence-electron chi connectivity index (χ3n) is 8.46. The van der Waals surface area contributed by atoms with Crippen molar-refractivity contribution in [3.05, 3.63) is 83.2 Å². The summed E-state index contributed by atoms with van der Waals surface area (Å²) in [6, 6.07) is 15.4. The molecule has 8 rings (SSSR count). The van der Waals surface area contributed by atoms with Crippen molar-refractivity contribution in [2.75, 3.05) is 20.4 Å². The molecule has 6 heterocycles. The molecule has 0 spiro atoms. The van der Waals surface area contributed by atoms with Crippen LogP contribution < -0.4 is 5.32 Å². The van der Waals surface area contributed by atoms with E-state index in [1.807, 2.05) is 55.6 Å². The number of aromatic nitrogens is 4. The lowest BCUT2D eigenvalue weighted by atomic mass is 10.0. The molecule has 10 heteroatoms. The lowest BCUT2D eigenvalue weighted by Gasteiger charge is -2.06. The van der Waals surface area contributed by atoms with Gasteiger partial charge in [-0.05, 0) is 72.5 Å². The first kappa shape index (κ1) is 27.0. The molecule has 2 aliphatic heterocycles. The smallest absolute Gasteiger partial charge is 0.254 e. The van der Waals surface area contributed by atoms with Crippen LogP contribution in [0.5, 0.6) is 0 Å². The molecule has 0 aliphatic carbocycles. The second-order valence-corrected chi connectivity index (χ2v) is 10.9. The molecule has 6 aromatic rings. The van der Waals surface area contributed by atoms with Crippen LogP contribution in [-0.2, 0) is 26.2 Å². The number of nitrogens with one attached hydrogen (secondary N) is 1. The van der Waals surface area contributed by atoms with Crippen molar-refractivity contribution >= 4 is 55.7 Å². The van der Waals surface area contributed by atoms with E-state index in [1.54, 1.807) is 17.3 Å². The van der Waals surface area contributed by atoms with Gasteiger partial charge in [0.25, 0.3) is 11.8 Å². The van der Waals surface area contributed by atoms with E-state index in [0.717, 1.165) is 66.1 Å². The normalized spacial score (nSPS) is 14.1. The third-order valence-corrected chi connectivity index (χ3v) is 8.46. The lowest BCUT2D eigenvalue weighted by Crippen LogP contribution is -2.17. The molecular formula is C33H30F2N6O2. The van der Waals surface area contributed by atoms with Gasteiger partial charge in [-0.2, -0.15) is 0 Å². The van der Waals surface area contributed by atoms with Gasteiger partial charge in [-0.25, -0.2) is 0 Å². The quantitative estimate of drug-likeness (QED) is 0.265. The van der Waals surface area contributed by atoms with Crippen molar-refractivity contribution in [3.8, 4) is 0 Å². The Morgan fingerprint density at radius 3 is 1.88 bits per heavy atom. The van der Waals surface area contributed by atoms with E-state index in [9.17, 15) is 18.4 Å². The van der Waals surface area contributed by atoms with Gasteiger partial charge >= 0.3 is 0 Å². The van der Waals surface area contributed by atoms with E-state index >= 15 is 0 Å². The van der Waals surface area contributed by atoms with Gasteiger partial charge < -0.3 is 19.4 Å². The molecule has 0 saturated heterocycles. The van der Waals surface area contributed by atoms with Crippen LogP contribution in [0.25, 0.3) is 43.9 Å². The Labute approximate surface area is 245 Å². The van der Waals surface area contributed by atoms with Crippen LogP contribution >= 0.6 is 0 Å². The summed E-state index contributed by atoms with van der Waals surface area (Å²) in [5.74, 6) is 0.0185. The van der Waals surface area contributed by atoms with Crippen LogP contribution in [-0.4, -0.2) is 56.2 Å². The Morgan fingerprint density at radius 1 is 0.744 bits per heavy atom. The van der Waals surface area contributed by atoms with Crippen LogP contribution in [0.4, 0.5) is 8.78 Å². The Hall–Kier alpha value is -4.86. The van der Waals surface area contributed by atoms with Gasteiger partial charge in [-0.3, -0.25) is 28.3 Å². The number of pyridine rings is 2. The summed E-state index contributed by atoms with van der Waals surface area (Å²) in [5.41, 5.74) is 9.35. The summed E-state index contributed by atoms with van der Waals surface area (Å²) in [6.45, 7) is 1.68. The topological polar surface area (TPSA) is 85.1 Å². The average Bonchev–Trinajstić information content (AvgIpc) is 3.75. The Bertz CT molecular complexity index is 2060. The predicted molar refractivity (Wildman–Crippen MR) is 163 cm³/mol. The molecule has 0 unspecified atom stereocenters. The van der Waals surface area contributed by atoms with Crippen LogP contribution in [0.3, 0.4) is 0 Å². The monoisotopic (exact) mass is 580 g/mol. The van der Waals surface area contributed by atoms with Gasteiger partial charge in [-0.15, -0.1) is 0 Å².